The van der Waals surface area contributed by atoms with Crippen LogP contribution in [0.15, 0.2) is 48.5 Å². The van der Waals surface area contributed by atoms with Crippen LogP contribution in [0, 0.1) is 5.82 Å². The van der Waals surface area contributed by atoms with Gasteiger partial charge in [-0.3, -0.25) is 4.79 Å². The Morgan fingerprint density at radius 3 is 2.58 bits per heavy atom. The lowest BCUT2D eigenvalue weighted by Gasteiger charge is -2.06. The molecule has 0 fully saturated rings. The maximum atomic E-state index is 13.4. The molecule has 0 heterocycles. The van der Waals surface area contributed by atoms with Crippen LogP contribution in [-0.4, -0.2) is 17.6 Å². The van der Waals surface area contributed by atoms with Crippen molar-refractivity contribution in [3.63, 3.8) is 0 Å². The maximum absolute atomic E-state index is 13.4. The molecular weight excluding hydrogens is 245 g/mol. The number of aromatic hydroxyl groups is 1. The van der Waals surface area contributed by atoms with Crippen LogP contribution in [0.2, 0.25) is 0 Å². The van der Waals surface area contributed by atoms with Crippen LogP contribution in [0.3, 0.4) is 0 Å². The van der Waals surface area contributed by atoms with Gasteiger partial charge in [0.1, 0.15) is 11.6 Å². The first-order valence-electron chi connectivity index (χ1n) is 5.97. The van der Waals surface area contributed by atoms with Gasteiger partial charge in [-0.1, -0.05) is 30.3 Å². The lowest BCUT2D eigenvalue weighted by molar-refractivity contribution is 0.0950. The number of hydrogen-bond acceptors (Lipinski definition) is 2. The zero-order chi connectivity index (χ0) is 13.7. The summed E-state index contributed by atoms with van der Waals surface area (Å²) in [6.45, 7) is 0.434. The van der Waals surface area contributed by atoms with E-state index in [1.807, 2.05) is 30.3 Å². The monoisotopic (exact) mass is 259 g/mol. The minimum absolute atomic E-state index is 0.0640. The molecule has 98 valence electrons. The van der Waals surface area contributed by atoms with Gasteiger partial charge in [-0.15, -0.1) is 0 Å². The van der Waals surface area contributed by atoms with Crippen molar-refractivity contribution < 1.29 is 14.3 Å². The normalized spacial score (nSPS) is 10.2. The zero-order valence-corrected chi connectivity index (χ0v) is 10.3. The molecule has 0 saturated heterocycles. The summed E-state index contributed by atoms with van der Waals surface area (Å²) in [4.78, 5) is 11.7. The Kier molecular flexibility index (Phi) is 4.13. The van der Waals surface area contributed by atoms with Crippen molar-refractivity contribution in [2.75, 3.05) is 6.54 Å². The predicted octanol–water partition coefficient (Wildman–Crippen LogP) is 2.50. The fourth-order valence-electron chi connectivity index (χ4n) is 1.75. The maximum Gasteiger partial charge on any atom is 0.254 e. The Balaban J connectivity index is 1.91. The molecular formula is C15H14FNO2. The number of phenolic OH excluding ortho intramolecular Hbond substituents is 1. The molecule has 0 aliphatic carbocycles. The van der Waals surface area contributed by atoms with Crippen LogP contribution in [0.25, 0.3) is 0 Å². The molecule has 0 unspecified atom stereocenters. The molecule has 0 aromatic heterocycles. The molecule has 0 aliphatic rings. The van der Waals surface area contributed by atoms with E-state index in [0.717, 1.165) is 11.6 Å². The minimum atomic E-state index is -0.725. The molecule has 2 aromatic rings. The van der Waals surface area contributed by atoms with E-state index in [-0.39, 0.29) is 11.3 Å². The van der Waals surface area contributed by atoms with E-state index in [1.165, 1.54) is 12.1 Å². The summed E-state index contributed by atoms with van der Waals surface area (Å²) < 4.78 is 13.4. The van der Waals surface area contributed by atoms with Crippen LogP contribution in [0.1, 0.15) is 15.9 Å². The van der Waals surface area contributed by atoms with Crippen molar-refractivity contribution in [2.45, 2.75) is 6.42 Å². The van der Waals surface area contributed by atoms with Crippen LogP contribution >= 0.6 is 0 Å². The number of benzene rings is 2. The topological polar surface area (TPSA) is 49.3 Å². The van der Waals surface area contributed by atoms with Crippen molar-refractivity contribution in [3.05, 3.63) is 65.5 Å². The number of carbonyl (C=O) groups excluding carboxylic acids is 1. The molecule has 1 amide bonds. The second-order valence-electron chi connectivity index (χ2n) is 4.16. The number of phenols is 1. The fraction of sp³-hybridized carbons (Fsp3) is 0.133. The summed E-state index contributed by atoms with van der Waals surface area (Å²) in [5, 5.41) is 11.7. The van der Waals surface area contributed by atoms with Crippen molar-refractivity contribution >= 4 is 5.91 Å². The molecule has 0 spiro atoms. The van der Waals surface area contributed by atoms with Gasteiger partial charge in [0.15, 0.2) is 0 Å². The predicted molar refractivity (Wildman–Crippen MR) is 70.5 cm³/mol. The van der Waals surface area contributed by atoms with E-state index in [1.54, 1.807) is 0 Å². The molecule has 19 heavy (non-hydrogen) atoms. The molecule has 2 N–H and O–H groups in total. The molecule has 3 nitrogen and oxygen atoms in total. The average molecular weight is 259 g/mol. The van der Waals surface area contributed by atoms with Crippen LogP contribution < -0.4 is 5.32 Å². The molecule has 0 radical (unpaired) electrons. The van der Waals surface area contributed by atoms with Crippen molar-refractivity contribution in [3.8, 4) is 5.75 Å². The molecule has 0 saturated carbocycles. The highest BCUT2D eigenvalue weighted by atomic mass is 19.1. The van der Waals surface area contributed by atoms with Gasteiger partial charge in [-0.05, 0) is 24.1 Å². The van der Waals surface area contributed by atoms with Gasteiger partial charge >= 0.3 is 0 Å². The second-order valence-corrected chi connectivity index (χ2v) is 4.16. The second kappa shape index (κ2) is 6.00. The number of nitrogens with one attached hydrogen (secondary N) is 1. The van der Waals surface area contributed by atoms with E-state index in [9.17, 15) is 9.18 Å². The highest BCUT2D eigenvalue weighted by molar-refractivity contribution is 5.94. The van der Waals surface area contributed by atoms with Crippen LogP contribution in [0.5, 0.6) is 5.75 Å². The smallest absolute Gasteiger partial charge is 0.254 e. The van der Waals surface area contributed by atoms with Crippen molar-refractivity contribution in [1.29, 1.82) is 0 Å². The Bertz CT molecular complexity index is 570. The van der Waals surface area contributed by atoms with Gasteiger partial charge in [0.25, 0.3) is 5.91 Å². The molecule has 0 aliphatic heterocycles. The largest absolute Gasteiger partial charge is 0.508 e. The standard InChI is InChI=1S/C15H14FNO2/c16-14-10-12(18)6-7-13(14)15(19)17-9-8-11-4-2-1-3-5-11/h1-7,10,18H,8-9H2,(H,17,19). The summed E-state index contributed by atoms with van der Waals surface area (Å²) in [5.41, 5.74) is 1.04. The van der Waals surface area contributed by atoms with E-state index in [0.29, 0.717) is 13.0 Å². The van der Waals surface area contributed by atoms with Crippen LogP contribution in [-0.2, 0) is 6.42 Å². The number of carbonyl (C=O) groups is 1. The van der Waals surface area contributed by atoms with Gasteiger partial charge in [0.05, 0.1) is 5.56 Å². The third-order valence-corrected chi connectivity index (χ3v) is 2.74. The third kappa shape index (κ3) is 3.55. The van der Waals surface area contributed by atoms with E-state index in [4.69, 9.17) is 5.11 Å². The molecule has 0 bridgehead atoms. The van der Waals surface area contributed by atoms with Crippen LogP contribution in [0.4, 0.5) is 4.39 Å². The van der Waals surface area contributed by atoms with E-state index >= 15 is 0 Å². The van der Waals surface area contributed by atoms with Gasteiger partial charge < -0.3 is 10.4 Å². The van der Waals surface area contributed by atoms with Crippen molar-refractivity contribution in [2.24, 2.45) is 0 Å². The minimum Gasteiger partial charge on any atom is -0.508 e. The number of amides is 1. The Hall–Kier alpha value is -2.36. The van der Waals surface area contributed by atoms with E-state index < -0.39 is 11.7 Å². The molecule has 0 atom stereocenters. The van der Waals surface area contributed by atoms with E-state index in [2.05, 4.69) is 5.32 Å². The number of rotatable bonds is 4. The van der Waals surface area contributed by atoms with Gasteiger partial charge in [0.2, 0.25) is 0 Å². The Labute approximate surface area is 110 Å². The van der Waals surface area contributed by atoms with Crippen molar-refractivity contribution in [1.82, 2.24) is 5.32 Å². The zero-order valence-electron chi connectivity index (χ0n) is 10.3. The van der Waals surface area contributed by atoms with Gasteiger partial charge in [-0.2, -0.15) is 0 Å². The average Bonchev–Trinajstić information content (AvgIpc) is 2.39. The first kappa shape index (κ1) is 13.1. The Morgan fingerprint density at radius 2 is 1.89 bits per heavy atom. The SMILES string of the molecule is O=C(NCCc1ccccc1)c1ccc(O)cc1F. The third-order valence-electron chi connectivity index (χ3n) is 2.74. The molecule has 2 rings (SSSR count). The first-order chi connectivity index (χ1) is 9.16. The lowest BCUT2D eigenvalue weighted by atomic mass is 10.1. The number of hydrogen-bond donors (Lipinski definition) is 2. The highest BCUT2D eigenvalue weighted by Crippen LogP contribution is 2.14. The fourth-order valence-corrected chi connectivity index (χ4v) is 1.75. The summed E-state index contributed by atoms with van der Waals surface area (Å²) in [6, 6.07) is 13.2. The summed E-state index contributed by atoms with van der Waals surface area (Å²) in [7, 11) is 0. The molecule has 4 heteroatoms. The van der Waals surface area contributed by atoms with Gasteiger partial charge in [0, 0.05) is 12.6 Å². The molecule has 2 aromatic carbocycles. The first-order valence-corrected chi connectivity index (χ1v) is 5.97. The summed E-state index contributed by atoms with van der Waals surface area (Å²) in [5.74, 6) is -1.40. The number of halogens is 1. The highest BCUT2D eigenvalue weighted by Gasteiger charge is 2.11. The summed E-state index contributed by atoms with van der Waals surface area (Å²) in [6.07, 6.45) is 0.687. The summed E-state index contributed by atoms with van der Waals surface area (Å²) >= 11 is 0. The van der Waals surface area contributed by atoms with Gasteiger partial charge in [-0.25, -0.2) is 4.39 Å². The lowest BCUT2D eigenvalue weighted by Crippen LogP contribution is -2.26. The Morgan fingerprint density at radius 1 is 1.16 bits per heavy atom. The quantitative estimate of drug-likeness (QED) is 0.886.